The second kappa shape index (κ2) is 9.92. The first-order valence-corrected chi connectivity index (χ1v) is 9.29. The lowest BCUT2D eigenvalue weighted by molar-refractivity contribution is -0.173. The van der Waals surface area contributed by atoms with Crippen LogP contribution in [-0.2, 0) is 22.8 Å². The van der Waals surface area contributed by atoms with Crippen LogP contribution in [-0.4, -0.2) is 53.3 Å². The minimum Gasteiger partial charge on any atom is -0.357 e. The van der Waals surface area contributed by atoms with Crippen molar-refractivity contribution in [1.29, 1.82) is 0 Å². The van der Waals surface area contributed by atoms with Crippen LogP contribution >= 0.6 is 0 Å². The van der Waals surface area contributed by atoms with E-state index in [9.17, 15) is 40.7 Å². The lowest BCUT2D eigenvalue weighted by atomic mass is 9.90. The second-order valence-corrected chi connectivity index (χ2v) is 6.85. The molecule has 14 heteroatoms. The van der Waals surface area contributed by atoms with Crippen LogP contribution in [0.4, 0.5) is 26.3 Å². The number of nitrogens with zero attached hydrogens (tertiary/aromatic N) is 2. The molecule has 0 aliphatic carbocycles. The number of aromatic nitrogens is 2. The van der Waals surface area contributed by atoms with Gasteiger partial charge in [-0.05, 0) is 5.56 Å². The molecule has 0 radical (unpaired) electrons. The molecule has 180 valence electrons. The largest absolute Gasteiger partial charge is 0.471 e. The van der Waals surface area contributed by atoms with Crippen LogP contribution in [0.15, 0.2) is 36.5 Å². The van der Waals surface area contributed by atoms with Crippen molar-refractivity contribution in [3.05, 3.63) is 53.3 Å². The summed E-state index contributed by atoms with van der Waals surface area (Å²) in [5.74, 6) is -5.77. The summed E-state index contributed by atoms with van der Waals surface area (Å²) in [4.78, 5) is 36.5. The lowest BCUT2D eigenvalue weighted by Crippen LogP contribution is -2.52. The van der Waals surface area contributed by atoms with E-state index in [0.29, 0.717) is 0 Å². The molecule has 33 heavy (non-hydrogen) atoms. The third kappa shape index (κ3) is 6.46. The number of halogens is 6. The Morgan fingerprint density at radius 2 is 1.67 bits per heavy atom. The monoisotopic (exact) mass is 479 g/mol. The van der Waals surface area contributed by atoms with Gasteiger partial charge in [0, 0.05) is 32.8 Å². The third-order valence-electron chi connectivity index (χ3n) is 4.53. The summed E-state index contributed by atoms with van der Waals surface area (Å²) in [6, 6.07) is 5.79. The fourth-order valence-corrected chi connectivity index (χ4v) is 3.02. The summed E-state index contributed by atoms with van der Waals surface area (Å²) in [5.41, 5.74) is -2.14. The Balaban J connectivity index is 2.43. The van der Waals surface area contributed by atoms with E-state index in [1.807, 2.05) is 0 Å². The molecule has 0 spiro atoms. The number of likely N-dealkylation sites (N-methyl/N-ethyl adjacent to an activating group) is 1. The standard InChI is InChI=1S/C19H19F6N5O3/c1-26-16(32)13(28-15(31)12-9-30(2)29-14(12)18(20,21)22)11(10-6-4-3-5-7-10)8-27-17(33)19(23,24)25/h3-7,9,11,13H,8H2,1-2H3,(H,26,32)(H,27,33)(H,28,31). The van der Waals surface area contributed by atoms with Crippen LogP contribution in [0.3, 0.4) is 0 Å². The van der Waals surface area contributed by atoms with Gasteiger partial charge in [-0.25, -0.2) is 0 Å². The van der Waals surface area contributed by atoms with Crippen molar-refractivity contribution in [1.82, 2.24) is 25.7 Å². The number of carbonyl (C=O) groups is 3. The number of nitrogens with one attached hydrogen (secondary N) is 3. The Kier molecular flexibility index (Phi) is 7.72. The highest BCUT2D eigenvalue weighted by atomic mass is 19.4. The zero-order valence-electron chi connectivity index (χ0n) is 17.2. The van der Waals surface area contributed by atoms with E-state index in [0.717, 1.165) is 17.9 Å². The molecule has 2 rings (SSSR count). The van der Waals surface area contributed by atoms with E-state index in [4.69, 9.17) is 0 Å². The zero-order valence-corrected chi connectivity index (χ0v) is 17.2. The van der Waals surface area contributed by atoms with Gasteiger partial charge in [-0.1, -0.05) is 30.3 Å². The number of hydrogen-bond donors (Lipinski definition) is 3. The summed E-state index contributed by atoms with van der Waals surface area (Å²) in [6.07, 6.45) is -9.39. The summed E-state index contributed by atoms with van der Waals surface area (Å²) >= 11 is 0. The fraction of sp³-hybridized carbons (Fsp3) is 0.368. The van der Waals surface area contributed by atoms with E-state index >= 15 is 0 Å². The molecule has 0 fully saturated rings. The molecular formula is C19H19F6N5O3. The Bertz CT molecular complexity index is 1000. The van der Waals surface area contributed by atoms with Gasteiger partial charge in [0.2, 0.25) is 5.91 Å². The SMILES string of the molecule is CNC(=O)C(NC(=O)c1cn(C)nc1C(F)(F)F)C(CNC(=O)C(F)(F)F)c1ccccc1. The maximum Gasteiger partial charge on any atom is 0.471 e. The minimum atomic E-state index is -5.20. The minimum absolute atomic E-state index is 0.246. The molecule has 2 atom stereocenters. The maximum atomic E-state index is 13.2. The van der Waals surface area contributed by atoms with Gasteiger partial charge in [-0.3, -0.25) is 19.1 Å². The van der Waals surface area contributed by atoms with Crippen LogP contribution in [0.1, 0.15) is 27.5 Å². The molecule has 1 heterocycles. The van der Waals surface area contributed by atoms with E-state index in [2.05, 4.69) is 15.7 Å². The zero-order chi connectivity index (χ0) is 25.0. The molecule has 2 unspecified atom stereocenters. The average molecular weight is 479 g/mol. The number of aryl methyl sites for hydroxylation is 1. The first-order chi connectivity index (χ1) is 15.3. The predicted molar refractivity (Wildman–Crippen MR) is 102 cm³/mol. The highest BCUT2D eigenvalue weighted by molar-refractivity contribution is 5.98. The van der Waals surface area contributed by atoms with E-state index < -0.39 is 59.8 Å². The molecule has 3 amide bonds. The van der Waals surface area contributed by atoms with Gasteiger partial charge in [-0.2, -0.15) is 31.4 Å². The maximum absolute atomic E-state index is 13.2. The summed E-state index contributed by atoms with van der Waals surface area (Å²) < 4.78 is 78.4. The van der Waals surface area contributed by atoms with E-state index in [1.54, 1.807) is 11.4 Å². The topological polar surface area (TPSA) is 105 Å². The molecule has 0 aliphatic heterocycles. The average Bonchev–Trinajstić information content (AvgIpc) is 3.14. The smallest absolute Gasteiger partial charge is 0.357 e. The van der Waals surface area contributed by atoms with Gasteiger partial charge in [0.1, 0.15) is 6.04 Å². The van der Waals surface area contributed by atoms with Crippen LogP contribution in [0, 0.1) is 0 Å². The predicted octanol–water partition coefficient (Wildman–Crippen LogP) is 1.75. The number of carbonyl (C=O) groups excluding carboxylic acids is 3. The molecule has 0 saturated heterocycles. The second-order valence-electron chi connectivity index (χ2n) is 6.85. The van der Waals surface area contributed by atoms with Gasteiger partial charge < -0.3 is 16.0 Å². The first-order valence-electron chi connectivity index (χ1n) is 9.29. The lowest BCUT2D eigenvalue weighted by Gasteiger charge is -2.27. The molecule has 3 N–H and O–H groups in total. The Morgan fingerprint density at radius 3 is 2.18 bits per heavy atom. The summed E-state index contributed by atoms with van der Waals surface area (Å²) in [6.45, 7) is -0.750. The van der Waals surface area contributed by atoms with Crippen molar-refractivity contribution in [3.8, 4) is 0 Å². The van der Waals surface area contributed by atoms with Crippen molar-refractivity contribution >= 4 is 17.7 Å². The number of hydrogen-bond acceptors (Lipinski definition) is 4. The van der Waals surface area contributed by atoms with Gasteiger partial charge in [-0.15, -0.1) is 0 Å². The molecule has 1 aromatic heterocycles. The normalized spacial score (nSPS) is 13.7. The van der Waals surface area contributed by atoms with Crippen molar-refractivity contribution in [2.45, 2.75) is 24.3 Å². The Labute approximate surface area is 183 Å². The molecule has 8 nitrogen and oxygen atoms in total. The summed E-state index contributed by atoms with van der Waals surface area (Å²) in [5, 5.41) is 9.20. The van der Waals surface area contributed by atoms with Gasteiger partial charge in [0.15, 0.2) is 5.69 Å². The van der Waals surface area contributed by atoms with Crippen molar-refractivity contribution in [3.63, 3.8) is 0 Å². The quantitative estimate of drug-likeness (QED) is 0.527. The Morgan fingerprint density at radius 1 is 1.06 bits per heavy atom. The van der Waals surface area contributed by atoms with E-state index in [-0.39, 0.29) is 5.56 Å². The fourth-order valence-electron chi connectivity index (χ4n) is 3.02. The Hall–Kier alpha value is -3.58. The number of alkyl halides is 6. The van der Waals surface area contributed by atoms with E-state index in [1.165, 1.54) is 31.3 Å². The third-order valence-corrected chi connectivity index (χ3v) is 4.53. The summed E-state index contributed by atoms with van der Waals surface area (Å²) in [7, 11) is 2.32. The van der Waals surface area contributed by atoms with Gasteiger partial charge in [0.05, 0.1) is 5.56 Å². The van der Waals surface area contributed by atoms with Crippen LogP contribution < -0.4 is 16.0 Å². The highest BCUT2D eigenvalue weighted by Gasteiger charge is 2.42. The molecule has 2 aromatic rings. The molecular weight excluding hydrogens is 460 g/mol. The van der Waals surface area contributed by atoms with Crippen molar-refractivity contribution < 1.29 is 40.7 Å². The molecule has 0 saturated carbocycles. The molecule has 0 aliphatic rings. The molecule has 0 bridgehead atoms. The molecule has 1 aromatic carbocycles. The van der Waals surface area contributed by atoms with Crippen LogP contribution in [0.25, 0.3) is 0 Å². The number of rotatable bonds is 7. The highest BCUT2D eigenvalue weighted by Crippen LogP contribution is 2.31. The van der Waals surface area contributed by atoms with Crippen LogP contribution in [0.5, 0.6) is 0 Å². The van der Waals surface area contributed by atoms with Crippen LogP contribution in [0.2, 0.25) is 0 Å². The van der Waals surface area contributed by atoms with Crippen molar-refractivity contribution in [2.75, 3.05) is 13.6 Å². The number of amides is 3. The first kappa shape index (κ1) is 25.7. The van der Waals surface area contributed by atoms with Gasteiger partial charge >= 0.3 is 18.3 Å². The number of benzene rings is 1. The van der Waals surface area contributed by atoms with Gasteiger partial charge in [0.25, 0.3) is 5.91 Å². The van der Waals surface area contributed by atoms with Crippen molar-refractivity contribution in [2.24, 2.45) is 7.05 Å².